The third kappa shape index (κ3) is 4.63. The Labute approximate surface area is 154 Å². The smallest absolute Gasteiger partial charge is 0.342 e. The van der Waals surface area contributed by atoms with Gasteiger partial charge in [-0.3, -0.25) is 4.79 Å². The third-order valence-corrected chi connectivity index (χ3v) is 4.28. The number of hydrogen-bond acceptors (Lipinski definition) is 7. The molecule has 2 rings (SSSR count). The molecule has 0 spiro atoms. The van der Waals surface area contributed by atoms with E-state index in [9.17, 15) is 30.0 Å². The van der Waals surface area contributed by atoms with Crippen molar-refractivity contribution in [3.05, 3.63) is 46.5 Å². The zero-order valence-electron chi connectivity index (χ0n) is 13.9. The Kier molecular flexibility index (Phi) is 6.42. The van der Waals surface area contributed by atoms with Crippen molar-refractivity contribution in [2.24, 2.45) is 0 Å². The standard InChI is InChI=1S/C18H19ClO7/c1-9-6-13(22)12(21)5-3-2-4-10(20)7-11-16(18(25)26-9)14(23)8-15(24)17(11)19/h2-5,8-9,12-13,21-24H,6-7H2,1H3/t9-,12+,13-/m0/s1. The predicted molar refractivity (Wildman–Crippen MR) is 93.3 cm³/mol. The highest BCUT2D eigenvalue weighted by molar-refractivity contribution is 6.33. The summed E-state index contributed by atoms with van der Waals surface area (Å²) in [7, 11) is 0. The molecule has 0 aromatic heterocycles. The van der Waals surface area contributed by atoms with Crippen molar-refractivity contribution < 1.29 is 34.8 Å². The fourth-order valence-corrected chi connectivity index (χ4v) is 2.77. The summed E-state index contributed by atoms with van der Waals surface area (Å²) >= 11 is 6.01. The summed E-state index contributed by atoms with van der Waals surface area (Å²) < 4.78 is 5.19. The zero-order valence-corrected chi connectivity index (χ0v) is 14.7. The van der Waals surface area contributed by atoms with Crippen molar-refractivity contribution in [2.75, 3.05) is 0 Å². The second-order valence-electron chi connectivity index (χ2n) is 5.98. The van der Waals surface area contributed by atoms with E-state index in [1.807, 2.05) is 0 Å². The molecule has 4 N–H and O–H groups in total. The molecule has 1 heterocycles. The van der Waals surface area contributed by atoms with Gasteiger partial charge >= 0.3 is 5.97 Å². The van der Waals surface area contributed by atoms with E-state index in [1.54, 1.807) is 0 Å². The molecule has 1 aliphatic rings. The topological polar surface area (TPSA) is 124 Å². The molecule has 8 heteroatoms. The lowest BCUT2D eigenvalue weighted by Crippen LogP contribution is -2.30. The van der Waals surface area contributed by atoms with Crippen LogP contribution in [0.15, 0.2) is 30.4 Å². The van der Waals surface area contributed by atoms with Gasteiger partial charge in [-0.05, 0) is 13.0 Å². The maximum Gasteiger partial charge on any atom is 0.342 e. The molecule has 140 valence electrons. The molecule has 1 aromatic rings. The van der Waals surface area contributed by atoms with Gasteiger partial charge in [0.1, 0.15) is 23.2 Å². The Morgan fingerprint density at radius 2 is 1.85 bits per heavy atom. The zero-order chi connectivity index (χ0) is 19.4. The van der Waals surface area contributed by atoms with Crippen LogP contribution in [0.5, 0.6) is 11.5 Å². The fraction of sp³-hybridized carbons (Fsp3) is 0.333. The lowest BCUT2D eigenvalue weighted by Gasteiger charge is -2.21. The molecule has 0 saturated carbocycles. The van der Waals surface area contributed by atoms with Crippen LogP contribution in [-0.2, 0) is 16.0 Å². The van der Waals surface area contributed by atoms with E-state index in [0.717, 1.165) is 6.07 Å². The van der Waals surface area contributed by atoms with E-state index in [4.69, 9.17) is 16.3 Å². The van der Waals surface area contributed by atoms with Crippen molar-refractivity contribution in [1.29, 1.82) is 0 Å². The number of cyclic esters (lactones) is 1. The number of allylic oxidation sites excluding steroid dienone is 3. The molecular formula is C18H19ClO7. The van der Waals surface area contributed by atoms with Crippen molar-refractivity contribution in [1.82, 2.24) is 0 Å². The Hall–Kier alpha value is -2.35. The van der Waals surface area contributed by atoms with Gasteiger partial charge in [0.15, 0.2) is 5.78 Å². The molecule has 1 aliphatic heterocycles. The normalized spacial score (nSPS) is 24.7. The highest BCUT2D eigenvalue weighted by Gasteiger charge is 2.27. The van der Waals surface area contributed by atoms with Crippen molar-refractivity contribution in [2.45, 2.75) is 38.1 Å². The molecule has 0 bridgehead atoms. The molecule has 0 fully saturated rings. The number of fused-ring (bicyclic) bond motifs is 1. The highest BCUT2D eigenvalue weighted by atomic mass is 35.5. The van der Waals surface area contributed by atoms with E-state index in [1.165, 1.54) is 31.2 Å². The van der Waals surface area contributed by atoms with Crippen molar-refractivity contribution in [3.63, 3.8) is 0 Å². The van der Waals surface area contributed by atoms with Crippen LogP contribution in [0.25, 0.3) is 0 Å². The molecule has 0 saturated heterocycles. The molecule has 0 aliphatic carbocycles. The van der Waals surface area contributed by atoms with Gasteiger partial charge in [0.05, 0.1) is 17.2 Å². The largest absolute Gasteiger partial charge is 0.507 e. The Morgan fingerprint density at radius 1 is 1.15 bits per heavy atom. The SMILES string of the molecule is C[C@H]1C[C@H](O)[C@H](O)C=CC=CC(=O)Cc2c(Cl)c(O)cc(O)c2C(=O)O1. The predicted octanol–water partition coefficient (Wildman–Crippen LogP) is 1.65. The van der Waals surface area contributed by atoms with Crippen LogP contribution in [0.3, 0.4) is 0 Å². The second-order valence-corrected chi connectivity index (χ2v) is 6.36. The summed E-state index contributed by atoms with van der Waals surface area (Å²) in [5, 5.41) is 39.4. The number of esters is 1. The monoisotopic (exact) mass is 382 g/mol. The fourth-order valence-electron chi connectivity index (χ4n) is 2.55. The van der Waals surface area contributed by atoms with E-state index < -0.39 is 41.6 Å². The Bertz CT molecular complexity index is 769. The number of carbonyl (C=O) groups excluding carboxylic acids is 2. The number of benzene rings is 1. The van der Waals surface area contributed by atoms with Gasteiger partial charge in [0, 0.05) is 24.5 Å². The van der Waals surface area contributed by atoms with Crippen LogP contribution >= 0.6 is 11.6 Å². The average molecular weight is 383 g/mol. The molecule has 3 atom stereocenters. The number of hydrogen-bond donors (Lipinski definition) is 4. The molecule has 0 amide bonds. The average Bonchev–Trinajstić information content (AvgIpc) is 2.54. The molecular weight excluding hydrogens is 364 g/mol. The summed E-state index contributed by atoms with van der Waals surface area (Å²) in [4.78, 5) is 24.6. The summed E-state index contributed by atoms with van der Waals surface area (Å²) in [5.74, 6) is -2.47. The van der Waals surface area contributed by atoms with Crippen LogP contribution in [0.4, 0.5) is 0 Å². The number of ether oxygens (including phenoxy) is 1. The number of ketones is 1. The summed E-state index contributed by atoms with van der Waals surface area (Å²) in [6.45, 7) is 1.51. The van der Waals surface area contributed by atoms with Crippen LogP contribution in [0.1, 0.15) is 29.3 Å². The van der Waals surface area contributed by atoms with Gasteiger partial charge in [-0.2, -0.15) is 0 Å². The van der Waals surface area contributed by atoms with Crippen LogP contribution < -0.4 is 0 Å². The second kappa shape index (κ2) is 8.35. The number of rotatable bonds is 0. The van der Waals surface area contributed by atoms with Gasteiger partial charge in [-0.25, -0.2) is 4.79 Å². The van der Waals surface area contributed by atoms with Gasteiger partial charge in [0.2, 0.25) is 0 Å². The number of carbonyl (C=O) groups is 2. The van der Waals surface area contributed by atoms with Crippen molar-refractivity contribution >= 4 is 23.4 Å². The minimum atomic E-state index is -1.20. The van der Waals surface area contributed by atoms with Gasteiger partial charge in [0.25, 0.3) is 0 Å². The van der Waals surface area contributed by atoms with Crippen LogP contribution in [0, 0.1) is 0 Å². The number of aliphatic hydroxyl groups is 2. The molecule has 0 unspecified atom stereocenters. The lowest BCUT2D eigenvalue weighted by atomic mass is 9.99. The first-order valence-corrected chi connectivity index (χ1v) is 8.26. The Balaban J connectivity index is 2.51. The van der Waals surface area contributed by atoms with E-state index >= 15 is 0 Å². The molecule has 1 aromatic carbocycles. The van der Waals surface area contributed by atoms with Crippen LogP contribution in [0.2, 0.25) is 5.02 Å². The minimum Gasteiger partial charge on any atom is -0.507 e. The van der Waals surface area contributed by atoms with Gasteiger partial charge in [-0.15, -0.1) is 0 Å². The van der Waals surface area contributed by atoms with Gasteiger partial charge in [-0.1, -0.05) is 29.8 Å². The highest BCUT2D eigenvalue weighted by Crippen LogP contribution is 2.37. The van der Waals surface area contributed by atoms with Crippen LogP contribution in [-0.4, -0.2) is 50.5 Å². The first-order valence-electron chi connectivity index (χ1n) is 7.88. The summed E-state index contributed by atoms with van der Waals surface area (Å²) in [6.07, 6.45) is 1.64. The van der Waals surface area contributed by atoms with E-state index in [-0.39, 0.29) is 29.0 Å². The first-order chi connectivity index (χ1) is 12.2. The lowest BCUT2D eigenvalue weighted by molar-refractivity contribution is -0.114. The quantitative estimate of drug-likeness (QED) is 0.503. The maximum absolute atomic E-state index is 12.5. The molecule has 7 nitrogen and oxygen atoms in total. The Morgan fingerprint density at radius 3 is 2.54 bits per heavy atom. The minimum absolute atomic E-state index is 0.0538. The number of aliphatic hydroxyl groups excluding tert-OH is 2. The number of aromatic hydroxyl groups is 2. The maximum atomic E-state index is 12.5. The van der Waals surface area contributed by atoms with Crippen molar-refractivity contribution in [3.8, 4) is 11.5 Å². The van der Waals surface area contributed by atoms with E-state index in [0.29, 0.717) is 0 Å². The van der Waals surface area contributed by atoms with Gasteiger partial charge < -0.3 is 25.2 Å². The third-order valence-electron chi connectivity index (χ3n) is 3.85. The molecule has 26 heavy (non-hydrogen) atoms. The first kappa shape index (κ1) is 20.0. The number of halogens is 1. The number of phenolic OH excluding ortho intramolecular Hbond substituents is 2. The molecule has 0 radical (unpaired) electrons. The summed E-state index contributed by atoms with van der Waals surface area (Å²) in [6, 6.07) is 0.887. The summed E-state index contributed by atoms with van der Waals surface area (Å²) in [5.41, 5.74) is -0.387. The number of phenols is 2. The van der Waals surface area contributed by atoms with E-state index in [2.05, 4.69) is 0 Å².